The number of alkyl halides is 4. The Hall–Kier alpha value is -4.79. The van der Waals surface area contributed by atoms with Gasteiger partial charge in [0.2, 0.25) is 0 Å². The number of nitrogens with two attached hydrogens (primary N) is 1. The summed E-state index contributed by atoms with van der Waals surface area (Å²) >= 11 is 6.03. The molecule has 1 fully saturated rings. The van der Waals surface area contributed by atoms with Crippen LogP contribution in [0.1, 0.15) is 47.8 Å². The number of amides is 1. The van der Waals surface area contributed by atoms with Gasteiger partial charge in [-0.2, -0.15) is 17.6 Å². The van der Waals surface area contributed by atoms with Gasteiger partial charge in [0.15, 0.2) is 17.4 Å². The van der Waals surface area contributed by atoms with Crippen LogP contribution >= 0.6 is 11.6 Å². The van der Waals surface area contributed by atoms with Gasteiger partial charge in [-0.05, 0) is 62.1 Å². The molecule has 0 radical (unpaired) electrons. The number of aliphatic imine (C=N–C) groups is 1. The highest BCUT2D eigenvalue weighted by Crippen LogP contribution is 2.38. The van der Waals surface area contributed by atoms with Crippen LogP contribution < -0.4 is 20.5 Å². The van der Waals surface area contributed by atoms with Crippen LogP contribution in [0.5, 0.6) is 11.5 Å². The highest BCUT2D eigenvalue weighted by Gasteiger charge is 2.31. The highest BCUT2D eigenvalue weighted by atomic mass is 35.5. The number of nitrogens with zero attached hydrogens (tertiary/aromatic N) is 5. The number of carbonyl (C=O) groups is 1. The number of hydrogen-bond acceptors (Lipinski definition) is 7. The fourth-order valence-corrected chi connectivity index (χ4v) is 5.40. The molecule has 1 saturated carbocycles. The van der Waals surface area contributed by atoms with Crippen molar-refractivity contribution in [2.24, 2.45) is 10.7 Å². The molecule has 44 heavy (non-hydrogen) atoms. The lowest BCUT2D eigenvalue weighted by Gasteiger charge is -2.32. The average Bonchev–Trinajstić information content (AvgIpc) is 3.36. The van der Waals surface area contributed by atoms with Crippen LogP contribution in [0.3, 0.4) is 0 Å². The number of ether oxygens (including phenoxy) is 2. The minimum absolute atomic E-state index is 0.0205. The maximum atomic E-state index is 13.3. The predicted molar refractivity (Wildman–Crippen MR) is 154 cm³/mol. The standard InChI is InChI=1S/C28H25ClF4N8O3/c29-14-6-7-21(43-27(30)31)17(9-14)26(42)39-15-3-1-4-16(10-15)41-20-11-18(24(35)38-13-34)37-12-19(20)40-25(41)23-22(44-28(32)33)5-2-8-36-23/h2,5-9,11-13,15-16,27-28H,1,3-4,10H2,(H,39,42)(H3,34,35,38). The first-order chi connectivity index (χ1) is 21.1. The first-order valence-corrected chi connectivity index (χ1v) is 13.7. The van der Waals surface area contributed by atoms with Gasteiger partial charge in [0.05, 0.1) is 17.3 Å². The van der Waals surface area contributed by atoms with E-state index >= 15 is 0 Å². The number of amidine groups is 1. The van der Waals surface area contributed by atoms with Gasteiger partial charge in [-0.25, -0.2) is 15.0 Å². The summed E-state index contributed by atoms with van der Waals surface area (Å²) in [4.78, 5) is 30.2. The van der Waals surface area contributed by atoms with Crippen LogP contribution in [0.4, 0.5) is 17.6 Å². The molecule has 0 bridgehead atoms. The first kappa shape index (κ1) is 30.7. The number of pyridine rings is 2. The zero-order valence-corrected chi connectivity index (χ0v) is 23.5. The van der Waals surface area contributed by atoms with Crippen molar-refractivity contribution < 1.29 is 31.8 Å². The molecule has 4 aromatic rings. The Kier molecular flexibility index (Phi) is 9.23. The van der Waals surface area contributed by atoms with E-state index in [1.54, 1.807) is 6.07 Å². The second-order valence-electron chi connectivity index (χ2n) is 9.75. The Bertz CT molecular complexity index is 1720. The zero-order valence-electron chi connectivity index (χ0n) is 22.8. The van der Waals surface area contributed by atoms with Gasteiger partial charge >= 0.3 is 13.2 Å². The fraction of sp³-hybridized carbons (Fsp3) is 0.286. The number of carbonyl (C=O) groups excluding carboxylic acids is 1. The summed E-state index contributed by atoms with van der Waals surface area (Å²) in [6.45, 7) is -6.25. The van der Waals surface area contributed by atoms with E-state index in [-0.39, 0.29) is 51.2 Å². The van der Waals surface area contributed by atoms with Crippen molar-refractivity contribution in [3.63, 3.8) is 0 Å². The van der Waals surface area contributed by atoms with E-state index in [4.69, 9.17) is 27.5 Å². The van der Waals surface area contributed by atoms with Gasteiger partial charge in [-0.3, -0.25) is 15.2 Å². The van der Waals surface area contributed by atoms with Crippen molar-refractivity contribution >= 4 is 40.7 Å². The summed E-state index contributed by atoms with van der Waals surface area (Å²) in [5, 5.41) is 10.3. The largest absolute Gasteiger partial charge is 0.434 e. The number of imidazole rings is 1. The summed E-state index contributed by atoms with van der Waals surface area (Å²) in [7, 11) is 0. The van der Waals surface area contributed by atoms with Crippen molar-refractivity contribution in [2.45, 2.75) is 51.0 Å². The summed E-state index contributed by atoms with van der Waals surface area (Å²) in [6.07, 6.45) is 5.82. The molecule has 4 N–H and O–H groups in total. The van der Waals surface area contributed by atoms with Crippen molar-refractivity contribution in [3.8, 4) is 23.0 Å². The molecule has 1 aromatic carbocycles. The SMILES string of the molecule is N=CN=C(N)c1cc2c(cn1)nc(-c1ncccc1OC(F)F)n2C1CCCC(NC(=O)c2cc(Cl)ccc2OC(F)F)C1. The van der Waals surface area contributed by atoms with E-state index in [0.717, 1.165) is 6.34 Å². The molecule has 0 spiro atoms. The van der Waals surface area contributed by atoms with Crippen LogP contribution in [0.2, 0.25) is 5.02 Å². The summed E-state index contributed by atoms with van der Waals surface area (Å²) < 4.78 is 63.6. The molecule has 1 aliphatic carbocycles. The van der Waals surface area contributed by atoms with Crippen molar-refractivity contribution in [2.75, 3.05) is 0 Å². The summed E-state index contributed by atoms with van der Waals surface area (Å²) in [5.41, 5.74) is 7.09. The van der Waals surface area contributed by atoms with E-state index in [1.165, 1.54) is 42.7 Å². The first-order valence-electron chi connectivity index (χ1n) is 13.3. The highest BCUT2D eigenvalue weighted by molar-refractivity contribution is 6.31. The fourth-order valence-electron chi connectivity index (χ4n) is 5.23. The second kappa shape index (κ2) is 13.2. The normalized spacial score (nSPS) is 17.2. The number of aromatic nitrogens is 4. The molecule has 1 amide bonds. The average molecular weight is 633 g/mol. The number of benzene rings is 1. The maximum absolute atomic E-state index is 13.3. The lowest BCUT2D eigenvalue weighted by molar-refractivity contribution is -0.0506. The molecule has 1 aliphatic rings. The Morgan fingerprint density at radius 1 is 1.14 bits per heavy atom. The second-order valence-corrected chi connectivity index (χ2v) is 10.2. The van der Waals surface area contributed by atoms with Crippen LogP contribution in [0, 0.1) is 5.41 Å². The number of hydrogen-bond donors (Lipinski definition) is 3. The molecule has 0 aliphatic heterocycles. The van der Waals surface area contributed by atoms with E-state index in [9.17, 15) is 22.4 Å². The van der Waals surface area contributed by atoms with Gasteiger partial charge in [-0.1, -0.05) is 11.6 Å². The maximum Gasteiger partial charge on any atom is 0.387 e. The number of fused-ring (bicyclic) bond motifs is 1. The summed E-state index contributed by atoms with van der Waals surface area (Å²) in [5.74, 6) is -0.956. The molecular weight excluding hydrogens is 608 g/mol. The van der Waals surface area contributed by atoms with Crippen molar-refractivity contribution in [3.05, 3.63) is 65.1 Å². The molecule has 3 heterocycles. The zero-order chi connectivity index (χ0) is 31.4. The molecule has 230 valence electrons. The van der Waals surface area contributed by atoms with Crippen LogP contribution in [-0.4, -0.2) is 56.9 Å². The van der Waals surface area contributed by atoms with Gasteiger partial charge in [0, 0.05) is 23.3 Å². The topological polar surface area (TPSA) is 153 Å². The predicted octanol–water partition coefficient (Wildman–Crippen LogP) is 5.58. The molecule has 5 rings (SSSR count). The van der Waals surface area contributed by atoms with E-state index < -0.39 is 25.2 Å². The Morgan fingerprint density at radius 2 is 1.91 bits per heavy atom. The monoisotopic (exact) mass is 632 g/mol. The van der Waals surface area contributed by atoms with Crippen LogP contribution in [0.25, 0.3) is 22.6 Å². The van der Waals surface area contributed by atoms with E-state index in [0.29, 0.717) is 36.7 Å². The number of rotatable bonds is 10. The third-order valence-corrected chi connectivity index (χ3v) is 7.22. The molecule has 3 aromatic heterocycles. The number of halogens is 5. The van der Waals surface area contributed by atoms with Crippen LogP contribution in [0.15, 0.2) is 53.8 Å². The van der Waals surface area contributed by atoms with Gasteiger partial charge in [-0.15, -0.1) is 0 Å². The van der Waals surface area contributed by atoms with E-state index in [2.05, 4.69) is 30.0 Å². The lowest BCUT2D eigenvalue weighted by Crippen LogP contribution is -2.39. The lowest BCUT2D eigenvalue weighted by atomic mass is 9.90. The Labute approximate surface area is 252 Å². The number of nitrogens with one attached hydrogen (secondary N) is 2. The molecule has 0 saturated heterocycles. The van der Waals surface area contributed by atoms with Gasteiger partial charge in [0.25, 0.3) is 5.91 Å². The quantitative estimate of drug-likeness (QED) is 0.117. The Morgan fingerprint density at radius 3 is 2.66 bits per heavy atom. The van der Waals surface area contributed by atoms with E-state index in [1.807, 2.05) is 4.57 Å². The van der Waals surface area contributed by atoms with Crippen LogP contribution in [-0.2, 0) is 0 Å². The molecule has 2 unspecified atom stereocenters. The van der Waals surface area contributed by atoms with Crippen molar-refractivity contribution in [1.29, 1.82) is 5.41 Å². The molecule has 16 heteroatoms. The van der Waals surface area contributed by atoms with Gasteiger partial charge in [0.1, 0.15) is 29.0 Å². The molecule has 11 nitrogen and oxygen atoms in total. The summed E-state index contributed by atoms with van der Waals surface area (Å²) in [6, 6.07) is 7.44. The smallest absolute Gasteiger partial charge is 0.387 e. The minimum atomic E-state index is -3.14. The molecular formula is C28H25ClF4N8O3. The Balaban J connectivity index is 1.54. The molecule has 2 atom stereocenters. The third-order valence-electron chi connectivity index (χ3n) is 6.99. The minimum Gasteiger partial charge on any atom is -0.434 e. The van der Waals surface area contributed by atoms with Gasteiger partial charge < -0.3 is 25.1 Å². The third kappa shape index (κ3) is 6.72. The van der Waals surface area contributed by atoms with Crippen molar-refractivity contribution in [1.82, 2.24) is 24.8 Å².